The van der Waals surface area contributed by atoms with E-state index in [-0.39, 0.29) is 23.8 Å². The number of aryl methyl sites for hydroxylation is 1. The van der Waals surface area contributed by atoms with Gasteiger partial charge in [-0.1, -0.05) is 13.8 Å². The van der Waals surface area contributed by atoms with Crippen LogP contribution in [0.4, 0.5) is 0 Å². The van der Waals surface area contributed by atoms with Crippen molar-refractivity contribution in [1.29, 1.82) is 0 Å². The standard InChI is InChI=1S/C14H22N4O2/c1-9(2)13(16-10(3)19)14(20)17-11-4-5-12-15-6-7-18(12)8-11/h6-7,9,11,13H,4-5,8H2,1-3H3,(H,16,19)(H,17,20)/t11-,13-/m1/s1. The van der Waals surface area contributed by atoms with Crippen LogP contribution in [0.15, 0.2) is 12.4 Å². The molecule has 0 spiro atoms. The third-order valence-corrected chi connectivity index (χ3v) is 3.59. The molecule has 0 radical (unpaired) electrons. The van der Waals surface area contributed by atoms with Crippen molar-refractivity contribution in [3.63, 3.8) is 0 Å². The number of carbonyl (C=O) groups is 2. The SMILES string of the molecule is CC(=O)N[C@@H](C(=O)N[C@@H]1CCc2nccn2C1)C(C)C. The van der Waals surface area contributed by atoms with Gasteiger partial charge in [-0.05, 0) is 12.3 Å². The summed E-state index contributed by atoms with van der Waals surface area (Å²) in [6, 6.07) is -0.379. The van der Waals surface area contributed by atoms with Crippen molar-refractivity contribution < 1.29 is 9.59 Å². The first-order valence-electron chi connectivity index (χ1n) is 7.05. The summed E-state index contributed by atoms with van der Waals surface area (Å²) < 4.78 is 2.07. The molecule has 0 saturated heterocycles. The first kappa shape index (κ1) is 14.6. The number of rotatable bonds is 4. The van der Waals surface area contributed by atoms with E-state index in [0.717, 1.165) is 25.2 Å². The van der Waals surface area contributed by atoms with Crippen molar-refractivity contribution in [2.24, 2.45) is 5.92 Å². The van der Waals surface area contributed by atoms with Crippen LogP contribution in [0.2, 0.25) is 0 Å². The third-order valence-electron chi connectivity index (χ3n) is 3.59. The Kier molecular flexibility index (Phi) is 4.42. The number of nitrogens with zero attached hydrogens (tertiary/aromatic N) is 2. The molecule has 1 aromatic heterocycles. The minimum Gasteiger partial charge on any atom is -0.350 e. The molecule has 0 bridgehead atoms. The van der Waals surface area contributed by atoms with Gasteiger partial charge < -0.3 is 15.2 Å². The van der Waals surface area contributed by atoms with Crippen LogP contribution >= 0.6 is 0 Å². The zero-order chi connectivity index (χ0) is 14.7. The summed E-state index contributed by atoms with van der Waals surface area (Å²) in [5.74, 6) is 0.840. The van der Waals surface area contributed by atoms with E-state index in [0.29, 0.717) is 0 Å². The number of amides is 2. The molecule has 1 aliphatic heterocycles. The Morgan fingerprint density at radius 1 is 1.45 bits per heavy atom. The van der Waals surface area contributed by atoms with Gasteiger partial charge in [-0.15, -0.1) is 0 Å². The van der Waals surface area contributed by atoms with Crippen LogP contribution in [0, 0.1) is 5.92 Å². The highest BCUT2D eigenvalue weighted by molar-refractivity contribution is 5.87. The Balaban J connectivity index is 1.95. The molecule has 2 rings (SSSR count). The minimum absolute atomic E-state index is 0.0614. The summed E-state index contributed by atoms with van der Waals surface area (Å²) in [5.41, 5.74) is 0. The first-order valence-corrected chi connectivity index (χ1v) is 7.05. The van der Waals surface area contributed by atoms with Crippen LogP contribution in [0.1, 0.15) is 33.0 Å². The third kappa shape index (κ3) is 3.37. The van der Waals surface area contributed by atoms with Crippen LogP contribution in [-0.2, 0) is 22.6 Å². The summed E-state index contributed by atoms with van der Waals surface area (Å²) in [5, 5.41) is 5.75. The topological polar surface area (TPSA) is 76.0 Å². The zero-order valence-electron chi connectivity index (χ0n) is 12.2. The van der Waals surface area contributed by atoms with Crippen LogP contribution in [-0.4, -0.2) is 33.4 Å². The van der Waals surface area contributed by atoms with Gasteiger partial charge in [-0.3, -0.25) is 9.59 Å². The van der Waals surface area contributed by atoms with Crippen molar-refractivity contribution in [3.8, 4) is 0 Å². The van der Waals surface area contributed by atoms with E-state index < -0.39 is 6.04 Å². The van der Waals surface area contributed by atoms with Gasteiger partial charge in [0, 0.05) is 38.3 Å². The van der Waals surface area contributed by atoms with E-state index >= 15 is 0 Å². The zero-order valence-corrected chi connectivity index (χ0v) is 12.2. The number of hydrogen-bond donors (Lipinski definition) is 2. The summed E-state index contributed by atoms with van der Waals surface area (Å²) in [6.07, 6.45) is 5.47. The number of imidazole rings is 1. The Labute approximate surface area is 119 Å². The lowest BCUT2D eigenvalue weighted by Gasteiger charge is -2.28. The second kappa shape index (κ2) is 6.07. The smallest absolute Gasteiger partial charge is 0.243 e. The van der Waals surface area contributed by atoms with E-state index in [1.807, 2.05) is 20.0 Å². The lowest BCUT2D eigenvalue weighted by Crippen LogP contribution is -2.53. The molecule has 2 amide bonds. The molecular formula is C14H22N4O2. The average molecular weight is 278 g/mol. The molecule has 0 aromatic carbocycles. The molecule has 6 nitrogen and oxygen atoms in total. The molecular weight excluding hydrogens is 256 g/mol. The fraction of sp³-hybridized carbons (Fsp3) is 0.643. The maximum atomic E-state index is 12.3. The largest absolute Gasteiger partial charge is 0.350 e. The lowest BCUT2D eigenvalue weighted by atomic mass is 10.0. The Bertz CT molecular complexity index is 495. The van der Waals surface area contributed by atoms with Gasteiger partial charge in [-0.2, -0.15) is 0 Å². The van der Waals surface area contributed by atoms with Gasteiger partial charge in [0.15, 0.2) is 0 Å². The highest BCUT2D eigenvalue weighted by Gasteiger charge is 2.27. The normalized spacial score (nSPS) is 19.3. The fourth-order valence-corrected chi connectivity index (χ4v) is 2.53. The molecule has 0 aliphatic carbocycles. The number of hydrogen-bond acceptors (Lipinski definition) is 3. The number of fused-ring (bicyclic) bond motifs is 1. The van der Waals surface area contributed by atoms with Crippen molar-refractivity contribution in [2.75, 3.05) is 0 Å². The quantitative estimate of drug-likeness (QED) is 0.841. The summed E-state index contributed by atoms with van der Waals surface area (Å²) in [4.78, 5) is 27.7. The summed E-state index contributed by atoms with van der Waals surface area (Å²) in [6.45, 7) is 6.02. The van der Waals surface area contributed by atoms with E-state index in [1.165, 1.54) is 6.92 Å². The molecule has 1 aromatic rings. The molecule has 1 aliphatic rings. The van der Waals surface area contributed by atoms with E-state index in [2.05, 4.69) is 20.2 Å². The van der Waals surface area contributed by atoms with Gasteiger partial charge in [-0.25, -0.2) is 4.98 Å². The second-order valence-corrected chi connectivity index (χ2v) is 5.66. The molecule has 0 saturated carbocycles. The molecule has 0 unspecified atom stereocenters. The number of carbonyl (C=O) groups excluding carboxylic acids is 2. The lowest BCUT2D eigenvalue weighted by molar-refractivity contribution is -0.129. The maximum absolute atomic E-state index is 12.3. The van der Waals surface area contributed by atoms with Crippen LogP contribution < -0.4 is 10.6 Å². The number of aromatic nitrogens is 2. The first-order chi connectivity index (χ1) is 9.47. The highest BCUT2D eigenvalue weighted by atomic mass is 16.2. The summed E-state index contributed by atoms with van der Waals surface area (Å²) in [7, 11) is 0. The summed E-state index contributed by atoms with van der Waals surface area (Å²) >= 11 is 0. The molecule has 6 heteroatoms. The predicted octanol–water partition coefficient (Wildman–Crippen LogP) is 0.475. The van der Waals surface area contributed by atoms with E-state index in [1.54, 1.807) is 6.20 Å². The van der Waals surface area contributed by atoms with Crippen LogP contribution in [0.5, 0.6) is 0 Å². The molecule has 20 heavy (non-hydrogen) atoms. The van der Waals surface area contributed by atoms with Crippen LogP contribution in [0.25, 0.3) is 0 Å². The Hall–Kier alpha value is -1.85. The maximum Gasteiger partial charge on any atom is 0.243 e. The molecule has 2 atom stereocenters. The van der Waals surface area contributed by atoms with Crippen molar-refractivity contribution in [2.45, 2.75) is 52.2 Å². The number of nitrogens with one attached hydrogen (secondary N) is 2. The second-order valence-electron chi connectivity index (χ2n) is 5.66. The molecule has 0 fully saturated rings. The van der Waals surface area contributed by atoms with Gasteiger partial charge in [0.1, 0.15) is 11.9 Å². The van der Waals surface area contributed by atoms with Gasteiger partial charge in [0.2, 0.25) is 11.8 Å². The van der Waals surface area contributed by atoms with Crippen molar-refractivity contribution in [3.05, 3.63) is 18.2 Å². The molecule has 2 N–H and O–H groups in total. The predicted molar refractivity (Wildman–Crippen MR) is 74.9 cm³/mol. The average Bonchev–Trinajstić information content (AvgIpc) is 2.82. The molecule has 2 heterocycles. The van der Waals surface area contributed by atoms with Crippen molar-refractivity contribution >= 4 is 11.8 Å². The Morgan fingerprint density at radius 3 is 2.85 bits per heavy atom. The van der Waals surface area contributed by atoms with Crippen molar-refractivity contribution in [1.82, 2.24) is 20.2 Å². The highest BCUT2D eigenvalue weighted by Crippen LogP contribution is 2.13. The minimum atomic E-state index is -0.475. The Morgan fingerprint density at radius 2 is 2.20 bits per heavy atom. The van der Waals surface area contributed by atoms with E-state index in [4.69, 9.17) is 0 Å². The van der Waals surface area contributed by atoms with Gasteiger partial charge in [0.25, 0.3) is 0 Å². The molecule has 110 valence electrons. The fourth-order valence-electron chi connectivity index (χ4n) is 2.53. The van der Waals surface area contributed by atoms with Crippen LogP contribution in [0.3, 0.4) is 0 Å². The van der Waals surface area contributed by atoms with Gasteiger partial charge in [0.05, 0.1) is 0 Å². The van der Waals surface area contributed by atoms with E-state index in [9.17, 15) is 9.59 Å². The monoisotopic (exact) mass is 278 g/mol. The van der Waals surface area contributed by atoms with Gasteiger partial charge >= 0.3 is 0 Å².